The number of nitrogens with two attached hydrogens (primary N) is 1. The molecule has 1 heterocycles. The number of hydrogen-bond acceptors (Lipinski definition) is 3. The van der Waals surface area contributed by atoms with Gasteiger partial charge in [0.15, 0.2) is 5.82 Å². The monoisotopic (exact) mass is 259 g/mol. The largest absolute Gasteiger partial charge is 0.496 e. The Morgan fingerprint density at radius 3 is 2.68 bits per heavy atom. The molecule has 0 saturated carbocycles. The Kier molecular flexibility index (Phi) is 3.55. The van der Waals surface area contributed by atoms with E-state index in [-0.39, 0.29) is 5.82 Å². The van der Waals surface area contributed by atoms with Crippen LogP contribution in [-0.4, -0.2) is 23.0 Å². The molecule has 5 nitrogen and oxygen atoms in total. The number of hydrogen-bond donors (Lipinski definition) is 2. The molecule has 0 saturated heterocycles. The minimum atomic E-state index is -0.566. The molecule has 0 aliphatic rings. The molecule has 0 radical (unpaired) electrons. The van der Waals surface area contributed by atoms with Crippen molar-refractivity contribution in [1.29, 1.82) is 0 Å². The number of carbonyl (C=O) groups is 1. The maximum Gasteiger partial charge on any atom is 0.284 e. The van der Waals surface area contributed by atoms with Gasteiger partial charge in [0.25, 0.3) is 5.91 Å². The van der Waals surface area contributed by atoms with Crippen LogP contribution in [0.3, 0.4) is 0 Å². The zero-order chi connectivity index (χ0) is 14.0. The Balaban J connectivity index is 2.44. The van der Waals surface area contributed by atoms with Crippen LogP contribution in [0.25, 0.3) is 11.3 Å². The summed E-state index contributed by atoms with van der Waals surface area (Å²) in [5.74, 6) is 0.794. The second kappa shape index (κ2) is 5.14. The highest BCUT2D eigenvalue weighted by atomic mass is 16.5. The lowest BCUT2D eigenvalue weighted by atomic mass is 9.98. The van der Waals surface area contributed by atoms with Crippen LogP contribution in [0.1, 0.15) is 35.9 Å². The first kappa shape index (κ1) is 13.1. The number of aromatic nitrogens is 2. The zero-order valence-corrected chi connectivity index (χ0v) is 11.2. The molecule has 0 aliphatic heterocycles. The summed E-state index contributed by atoms with van der Waals surface area (Å²) < 4.78 is 5.34. The first-order chi connectivity index (χ1) is 9.02. The van der Waals surface area contributed by atoms with Gasteiger partial charge in [-0.1, -0.05) is 13.8 Å². The number of rotatable bonds is 4. The molecule has 19 heavy (non-hydrogen) atoms. The van der Waals surface area contributed by atoms with Crippen molar-refractivity contribution >= 4 is 5.91 Å². The number of amides is 1. The molecule has 5 heteroatoms. The fourth-order valence-corrected chi connectivity index (χ4v) is 1.95. The summed E-state index contributed by atoms with van der Waals surface area (Å²) in [5, 5.41) is 0. The number of nitrogens with zero attached hydrogens (tertiary/aromatic N) is 1. The Morgan fingerprint density at radius 1 is 1.42 bits per heavy atom. The molecule has 100 valence electrons. The quantitative estimate of drug-likeness (QED) is 0.884. The highest BCUT2D eigenvalue weighted by Gasteiger charge is 2.12. The van der Waals surface area contributed by atoms with Crippen molar-refractivity contribution in [2.24, 2.45) is 5.73 Å². The van der Waals surface area contributed by atoms with Gasteiger partial charge in [0.2, 0.25) is 0 Å². The van der Waals surface area contributed by atoms with Crippen molar-refractivity contribution in [1.82, 2.24) is 9.97 Å². The second-order valence-corrected chi connectivity index (χ2v) is 4.62. The topological polar surface area (TPSA) is 81.0 Å². The molecular formula is C14H17N3O2. The van der Waals surface area contributed by atoms with Gasteiger partial charge in [-0.3, -0.25) is 4.79 Å². The fraction of sp³-hybridized carbons (Fsp3) is 0.286. The van der Waals surface area contributed by atoms with E-state index in [0.29, 0.717) is 5.92 Å². The second-order valence-electron chi connectivity index (χ2n) is 4.62. The van der Waals surface area contributed by atoms with E-state index in [9.17, 15) is 4.79 Å². The first-order valence-corrected chi connectivity index (χ1v) is 6.06. The summed E-state index contributed by atoms with van der Waals surface area (Å²) in [6.07, 6.45) is 1.60. The minimum Gasteiger partial charge on any atom is -0.496 e. The Labute approximate surface area is 111 Å². The maximum atomic E-state index is 11.0. The number of primary amides is 1. The molecule has 0 spiro atoms. The van der Waals surface area contributed by atoms with E-state index in [1.54, 1.807) is 13.3 Å². The number of ether oxygens (including phenoxy) is 1. The van der Waals surface area contributed by atoms with Crippen LogP contribution in [0.2, 0.25) is 0 Å². The Hall–Kier alpha value is -2.30. The van der Waals surface area contributed by atoms with Crippen LogP contribution < -0.4 is 10.5 Å². The van der Waals surface area contributed by atoms with E-state index in [0.717, 1.165) is 22.6 Å². The summed E-state index contributed by atoms with van der Waals surface area (Å²) in [7, 11) is 1.66. The van der Waals surface area contributed by atoms with Gasteiger partial charge in [-0.15, -0.1) is 0 Å². The van der Waals surface area contributed by atoms with Gasteiger partial charge < -0.3 is 15.5 Å². The van der Waals surface area contributed by atoms with E-state index in [1.807, 2.05) is 18.2 Å². The summed E-state index contributed by atoms with van der Waals surface area (Å²) in [4.78, 5) is 17.9. The van der Waals surface area contributed by atoms with Crippen molar-refractivity contribution < 1.29 is 9.53 Å². The molecule has 0 aliphatic carbocycles. The first-order valence-electron chi connectivity index (χ1n) is 6.06. The molecular weight excluding hydrogens is 242 g/mol. The van der Waals surface area contributed by atoms with Gasteiger partial charge >= 0.3 is 0 Å². The molecule has 0 unspecified atom stereocenters. The van der Waals surface area contributed by atoms with E-state index < -0.39 is 5.91 Å². The molecule has 2 aromatic rings. The minimum absolute atomic E-state index is 0.164. The normalized spacial score (nSPS) is 10.7. The van der Waals surface area contributed by atoms with Crippen molar-refractivity contribution in [3.8, 4) is 17.0 Å². The molecule has 0 bridgehead atoms. The van der Waals surface area contributed by atoms with Crippen molar-refractivity contribution in [3.05, 3.63) is 35.8 Å². The molecule has 1 aromatic heterocycles. The number of imidazole rings is 1. The van der Waals surface area contributed by atoms with E-state index in [4.69, 9.17) is 10.5 Å². The zero-order valence-electron chi connectivity index (χ0n) is 11.2. The SMILES string of the molecule is COc1ccc(-c2cnc(C(N)=O)[nH]2)cc1C(C)C. The van der Waals surface area contributed by atoms with E-state index >= 15 is 0 Å². The number of benzene rings is 1. The van der Waals surface area contributed by atoms with Crippen LogP contribution in [0, 0.1) is 0 Å². The standard InChI is InChI=1S/C14H17N3O2/c1-8(2)10-6-9(4-5-12(10)19-3)11-7-16-14(17-11)13(15)18/h4-8H,1-3H3,(H2,15,18)(H,16,17). The van der Waals surface area contributed by atoms with Crippen molar-refractivity contribution in [2.75, 3.05) is 7.11 Å². The smallest absolute Gasteiger partial charge is 0.284 e. The number of methoxy groups -OCH3 is 1. The average Bonchev–Trinajstić information content (AvgIpc) is 2.87. The highest BCUT2D eigenvalue weighted by Crippen LogP contribution is 2.30. The highest BCUT2D eigenvalue weighted by molar-refractivity contribution is 5.89. The Bertz CT molecular complexity index is 602. The molecule has 0 atom stereocenters. The number of carbonyl (C=O) groups excluding carboxylic acids is 1. The van der Waals surface area contributed by atoms with Crippen LogP contribution in [0.15, 0.2) is 24.4 Å². The van der Waals surface area contributed by atoms with Crippen molar-refractivity contribution in [3.63, 3.8) is 0 Å². The van der Waals surface area contributed by atoms with Gasteiger partial charge in [0.1, 0.15) is 5.75 Å². The van der Waals surface area contributed by atoms with Gasteiger partial charge in [0, 0.05) is 5.56 Å². The summed E-state index contributed by atoms with van der Waals surface area (Å²) in [6, 6.07) is 5.86. The number of nitrogens with one attached hydrogen (secondary N) is 1. The predicted molar refractivity (Wildman–Crippen MR) is 73.2 cm³/mol. The lowest BCUT2D eigenvalue weighted by Gasteiger charge is -2.12. The Morgan fingerprint density at radius 2 is 2.16 bits per heavy atom. The molecule has 0 fully saturated rings. The summed E-state index contributed by atoms with van der Waals surface area (Å²) >= 11 is 0. The van der Waals surface area contributed by atoms with Crippen LogP contribution in [-0.2, 0) is 0 Å². The molecule has 1 aromatic carbocycles. The van der Waals surface area contributed by atoms with E-state index in [2.05, 4.69) is 23.8 Å². The summed E-state index contributed by atoms with van der Waals surface area (Å²) in [6.45, 7) is 4.20. The average molecular weight is 259 g/mol. The van der Waals surface area contributed by atoms with Gasteiger partial charge in [-0.2, -0.15) is 0 Å². The third-order valence-corrected chi connectivity index (χ3v) is 2.97. The fourth-order valence-electron chi connectivity index (χ4n) is 1.95. The van der Waals surface area contributed by atoms with Crippen LogP contribution in [0.5, 0.6) is 5.75 Å². The van der Waals surface area contributed by atoms with E-state index in [1.165, 1.54) is 0 Å². The van der Waals surface area contributed by atoms with Crippen LogP contribution in [0.4, 0.5) is 0 Å². The third kappa shape index (κ3) is 2.59. The number of aromatic amines is 1. The molecule has 1 amide bonds. The molecule has 3 N–H and O–H groups in total. The third-order valence-electron chi connectivity index (χ3n) is 2.97. The lowest BCUT2D eigenvalue weighted by molar-refractivity contribution is 0.0991. The number of H-pyrrole nitrogens is 1. The van der Waals surface area contributed by atoms with Gasteiger partial charge in [-0.05, 0) is 29.7 Å². The van der Waals surface area contributed by atoms with Gasteiger partial charge in [0.05, 0.1) is 19.0 Å². The predicted octanol–water partition coefficient (Wildman–Crippen LogP) is 2.31. The van der Waals surface area contributed by atoms with Gasteiger partial charge in [-0.25, -0.2) is 4.98 Å². The molecule has 2 rings (SSSR count). The maximum absolute atomic E-state index is 11.0. The lowest BCUT2D eigenvalue weighted by Crippen LogP contribution is -2.12. The van der Waals surface area contributed by atoms with Crippen molar-refractivity contribution in [2.45, 2.75) is 19.8 Å². The van der Waals surface area contributed by atoms with Crippen LogP contribution >= 0.6 is 0 Å². The summed E-state index contributed by atoms with van der Waals surface area (Å²) in [5.41, 5.74) is 7.99.